The monoisotopic (exact) mass is 482 g/mol. The number of aliphatic hydroxyl groups is 1. The van der Waals surface area contributed by atoms with Gasteiger partial charge in [-0.15, -0.1) is 0 Å². The van der Waals surface area contributed by atoms with E-state index in [1.165, 1.54) is 12.0 Å². The minimum Gasteiger partial charge on any atom is -0.507 e. The van der Waals surface area contributed by atoms with Gasteiger partial charge in [-0.1, -0.05) is 19.9 Å². The molecule has 1 saturated heterocycles. The second-order valence-corrected chi connectivity index (χ2v) is 8.09. The molecule has 8 nitrogen and oxygen atoms in total. The van der Waals surface area contributed by atoms with Crippen LogP contribution in [0.2, 0.25) is 0 Å². The molecule has 2 aromatic rings. The summed E-state index contributed by atoms with van der Waals surface area (Å²) in [6.07, 6.45) is 0. The molecule has 1 N–H and O–H groups in total. The first kappa shape index (κ1) is 26.1. The molecule has 1 aliphatic rings. The summed E-state index contributed by atoms with van der Waals surface area (Å²) in [6.45, 7) is 9.05. The summed E-state index contributed by atoms with van der Waals surface area (Å²) in [7, 11) is 3.09. The van der Waals surface area contributed by atoms with Gasteiger partial charge in [0.15, 0.2) is 11.5 Å². The van der Waals surface area contributed by atoms with E-state index in [9.17, 15) is 14.7 Å². The first-order chi connectivity index (χ1) is 16.9. The number of ether oxygens (including phenoxy) is 3. The molecule has 188 valence electrons. The van der Waals surface area contributed by atoms with Crippen molar-refractivity contribution in [1.29, 1.82) is 0 Å². The van der Waals surface area contributed by atoms with Crippen molar-refractivity contribution >= 4 is 17.4 Å². The maximum atomic E-state index is 13.2. The molecule has 0 aromatic heterocycles. The number of amides is 1. The van der Waals surface area contributed by atoms with E-state index >= 15 is 0 Å². The van der Waals surface area contributed by atoms with Crippen molar-refractivity contribution in [3.8, 4) is 17.2 Å². The van der Waals surface area contributed by atoms with Crippen LogP contribution in [-0.2, 0) is 9.59 Å². The van der Waals surface area contributed by atoms with Crippen LogP contribution < -0.4 is 14.2 Å². The topological polar surface area (TPSA) is 88.5 Å². The fourth-order valence-corrected chi connectivity index (χ4v) is 4.28. The number of aliphatic hydroxyl groups excluding tert-OH is 1. The summed E-state index contributed by atoms with van der Waals surface area (Å²) >= 11 is 0. The number of rotatable bonds is 11. The Bertz CT molecular complexity index is 1080. The van der Waals surface area contributed by atoms with Gasteiger partial charge in [0.05, 0.1) is 32.4 Å². The molecule has 1 atom stereocenters. The van der Waals surface area contributed by atoms with Gasteiger partial charge in [0.25, 0.3) is 11.7 Å². The minimum atomic E-state index is -0.766. The lowest BCUT2D eigenvalue weighted by atomic mass is 9.95. The molecule has 2 aromatic carbocycles. The van der Waals surface area contributed by atoms with Gasteiger partial charge in [0, 0.05) is 18.7 Å². The van der Waals surface area contributed by atoms with E-state index in [0.29, 0.717) is 48.1 Å². The Morgan fingerprint density at radius 2 is 1.66 bits per heavy atom. The van der Waals surface area contributed by atoms with E-state index in [-0.39, 0.29) is 11.3 Å². The van der Waals surface area contributed by atoms with E-state index in [0.717, 1.165) is 13.1 Å². The highest BCUT2D eigenvalue weighted by Crippen LogP contribution is 2.42. The zero-order valence-electron chi connectivity index (χ0n) is 21.0. The lowest BCUT2D eigenvalue weighted by molar-refractivity contribution is -0.140. The molecule has 3 rings (SSSR count). The molecule has 1 aliphatic heterocycles. The quantitative estimate of drug-likeness (QED) is 0.296. The Balaban J connectivity index is 2.13. The number of likely N-dealkylation sites (tertiary alicyclic amines) is 1. The Morgan fingerprint density at radius 1 is 0.971 bits per heavy atom. The Morgan fingerprint density at radius 3 is 2.23 bits per heavy atom. The number of likely N-dealkylation sites (N-methyl/N-ethyl adjacent to an activating group) is 1. The van der Waals surface area contributed by atoms with E-state index in [1.54, 1.807) is 49.6 Å². The molecule has 0 radical (unpaired) electrons. The number of methoxy groups -OCH3 is 2. The van der Waals surface area contributed by atoms with Crippen molar-refractivity contribution in [3.63, 3.8) is 0 Å². The fourth-order valence-electron chi connectivity index (χ4n) is 4.28. The van der Waals surface area contributed by atoms with E-state index in [2.05, 4.69) is 18.7 Å². The molecule has 0 aliphatic carbocycles. The fraction of sp³-hybridized carbons (Fsp3) is 0.407. The molecular weight excluding hydrogens is 448 g/mol. The van der Waals surface area contributed by atoms with Gasteiger partial charge >= 0.3 is 0 Å². The molecule has 35 heavy (non-hydrogen) atoms. The largest absolute Gasteiger partial charge is 0.507 e. The standard InChI is InChI=1S/C27H34N2O6/c1-6-28(7-2)15-16-29-24(19-11-14-21(35-8-3)22(17-19)34-5)23(26(31)27(29)32)25(30)18-9-12-20(33-4)13-10-18/h9-14,17,24,30H,6-8,15-16H2,1-5H3/t24-/m1/s1. The lowest BCUT2D eigenvalue weighted by Crippen LogP contribution is -2.38. The highest BCUT2D eigenvalue weighted by molar-refractivity contribution is 6.46. The van der Waals surface area contributed by atoms with E-state index < -0.39 is 17.7 Å². The van der Waals surface area contributed by atoms with Crippen LogP contribution >= 0.6 is 0 Å². The van der Waals surface area contributed by atoms with Crippen LogP contribution in [0.1, 0.15) is 37.9 Å². The van der Waals surface area contributed by atoms with Crippen LogP contribution in [0, 0.1) is 0 Å². The van der Waals surface area contributed by atoms with Gasteiger partial charge in [-0.05, 0) is 62.0 Å². The van der Waals surface area contributed by atoms with Crippen LogP contribution in [0.25, 0.3) is 5.76 Å². The Labute approximate surface area is 206 Å². The van der Waals surface area contributed by atoms with Gasteiger partial charge in [0.2, 0.25) is 0 Å². The number of carbonyl (C=O) groups is 2. The van der Waals surface area contributed by atoms with Crippen LogP contribution in [0.5, 0.6) is 17.2 Å². The third-order valence-corrected chi connectivity index (χ3v) is 6.26. The highest BCUT2D eigenvalue weighted by Gasteiger charge is 2.46. The summed E-state index contributed by atoms with van der Waals surface area (Å²) in [5.74, 6) is 0.0983. The maximum Gasteiger partial charge on any atom is 0.295 e. The molecule has 0 bridgehead atoms. The van der Waals surface area contributed by atoms with Crippen molar-refractivity contribution in [2.45, 2.75) is 26.8 Å². The van der Waals surface area contributed by atoms with Gasteiger partial charge < -0.3 is 29.1 Å². The highest BCUT2D eigenvalue weighted by atomic mass is 16.5. The second kappa shape index (κ2) is 11.8. The lowest BCUT2D eigenvalue weighted by Gasteiger charge is -2.28. The number of ketones is 1. The SMILES string of the molecule is CCOc1ccc([C@@H]2C(=C(O)c3ccc(OC)cc3)C(=O)C(=O)N2CCN(CC)CC)cc1OC. The summed E-state index contributed by atoms with van der Waals surface area (Å²) in [4.78, 5) is 30.1. The van der Waals surface area contributed by atoms with Crippen molar-refractivity contribution in [2.75, 3.05) is 47.0 Å². The van der Waals surface area contributed by atoms with Crippen LogP contribution in [0.3, 0.4) is 0 Å². The average molecular weight is 483 g/mol. The van der Waals surface area contributed by atoms with Crippen molar-refractivity contribution < 1.29 is 28.9 Å². The zero-order valence-corrected chi connectivity index (χ0v) is 21.0. The number of Topliss-reactive ketones (excluding diaryl/α,β-unsaturated/α-hetero) is 1. The van der Waals surface area contributed by atoms with E-state index in [4.69, 9.17) is 14.2 Å². The molecule has 0 unspecified atom stereocenters. The molecule has 0 spiro atoms. The third kappa shape index (κ3) is 5.43. The summed E-state index contributed by atoms with van der Waals surface area (Å²) in [5.41, 5.74) is 1.13. The van der Waals surface area contributed by atoms with Crippen molar-refractivity contribution in [2.24, 2.45) is 0 Å². The van der Waals surface area contributed by atoms with Gasteiger partial charge in [-0.25, -0.2) is 0 Å². The molecular formula is C27H34N2O6. The number of carbonyl (C=O) groups excluding carboxylic acids is 2. The average Bonchev–Trinajstić information content (AvgIpc) is 3.14. The summed E-state index contributed by atoms with van der Waals surface area (Å²) in [5, 5.41) is 11.2. The molecule has 1 heterocycles. The smallest absolute Gasteiger partial charge is 0.295 e. The van der Waals surface area contributed by atoms with Gasteiger partial charge in [-0.3, -0.25) is 9.59 Å². The van der Waals surface area contributed by atoms with Gasteiger partial charge in [0.1, 0.15) is 11.5 Å². The van der Waals surface area contributed by atoms with Gasteiger partial charge in [-0.2, -0.15) is 0 Å². The molecule has 1 amide bonds. The second-order valence-electron chi connectivity index (χ2n) is 8.09. The molecule has 8 heteroatoms. The van der Waals surface area contributed by atoms with E-state index in [1.807, 2.05) is 6.92 Å². The number of nitrogens with zero attached hydrogens (tertiary/aromatic N) is 2. The number of hydrogen-bond acceptors (Lipinski definition) is 7. The van der Waals surface area contributed by atoms with Crippen molar-refractivity contribution in [3.05, 3.63) is 59.2 Å². The zero-order chi connectivity index (χ0) is 25.5. The molecule has 0 saturated carbocycles. The number of benzene rings is 2. The number of hydrogen-bond donors (Lipinski definition) is 1. The minimum absolute atomic E-state index is 0.0472. The van der Waals surface area contributed by atoms with Crippen LogP contribution in [0.4, 0.5) is 0 Å². The summed E-state index contributed by atoms with van der Waals surface area (Å²) in [6, 6.07) is 11.3. The van der Waals surface area contributed by atoms with Crippen LogP contribution in [0.15, 0.2) is 48.0 Å². The Kier molecular flexibility index (Phi) is 8.76. The maximum absolute atomic E-state index is 13.2. The normalized spacial score (nSPS) is 17.2. The first-order valence-electron chi connectivity index (χ1n) is 11.9. The predicted octanol–water partition coefficient (Wildman–Crippen LogP) is 3.87. The van der Waals surface area contributed by atoms with Crippen molar-refractivity contribution in [1.82, 2.24) is 9.80 Å². The predicted molar refractivity (Wildman–Crippen MR) is 134 cm³/mol. The molecule has 1 fully saturated rings. The first-order valence-corrected chi connectivity index (χ1v) is 11.9. The summed E-state index contributed by atoms with van der Waals surface area (Å²) < 4.78 is 16.3. The Hall–Kier alpha value is -3.52. The van der Waals surface area contributed by atoms with Crippen LogP contribution in [-0.4, -0.2) is 73.6 Å². The third-order valence-electron chi connectivity index (χ3n) is 6.26.